The lowest BCUT2D eigenvalue weighted by Crippen LogP contribution is -2.27. The topological polar surface area (TPSA) is 50.3 Å². The van der Waals surface area contributed by atoms with Crippen LogP contribution in [0.15, 0.2) is 22.5 Å². The minimum Gasteiger partial charge on any atom is -0.250 e. The fraction of sp³-hybridized carbons (Fsp3) is 0.308. The van der Waals surface area contributed by atoms with Gasteiger partial charge in [-0.15, -0.1) is 11.3 Å². The van der Waals surface area contributed by atoms with E-state index in [1.54, 1.807) is 12.4 Å². The molecule has 1 heterocycles. The van der Waals surface area contributed by atoms with Gasteiger partial charge in [0.15, 0.2) is 0 Å². The number of sulfonamides is 1. The van der Waals surface area contributed by atoms with Gasteiger partial charge in [-0.3, -0.25) is 0 Å². The van der Waals surface area contributed by atoms with Crippen molar-refractivity contribution in [2.24, 2.45) is 0 Å². The molecular formula is C13H14F2N2O2S2. The van der Waals surface area contributed by atoms with Gasteiger partial charge in [-0.1, -0.05) is 0 Å². The molecule has 0 bridgehead atoms. The lowest BCUT2D eigenvalue weighted by molar-refractivity contribution is 0.459. The first-order valence-electron chi connectivity index (χ1n) is 6.04. The lowest BCUT2D eigenvalue weighted by atomic mass is 10.2. The van der Waals surface area contributed by atoms with E-state index in [9.17, 15) is 17.2 Å². The van der Waals surface area contributed by atoms with Crippen LogP contribution >= 0.6 is 11.3 Å². The highest BCUT2D eigenvalue weighted by molar-refractivity contribution is 7.89. The quantitative estimate of drug-likeness (QED) is 0.865. The summed E-state index contributed by atoms with van der Waals surface area (Å²) in [6.45, 7) is 3.20. The second-order valence-electron chi connectivity index (χ2n) is 4.65. The molecule has 0 amide bonds. The Morgan fingerprint density at radius 3 is 2.48 bits per heavy atom. The maximum atomic E-state index is 13.9. The van der Waals surface area contributed by atoms with Crippen LogP contribution in [0, 0.1) is 25.5 Å². The highest BCUT2D eigenvalue weighted by Gasteiger charge is 2.26. The first-order chi connectivity index (χ1) is 9.73. The summed E-state index contributed by atoms with van der Waals surface area (Å²) in [5.74, 6) is -1.71. The van der Waals surface area contributed by atoms with Crippen molar-refractivity contribution in [1.29, 1.82) is 0 Å². The van der Waals surface area contributed by atoms with Gasteiger partial charge < -0.3 is 0 Å². The van der Waals surface area contributed by atoms with Gasteiger partial charge in [0.25, 0.3) is 0 Å². The van der Waals surface area contributed by atoms with Crippen molar-refractivity contribution in [1.82, 2.24) is 9.29 Å². The van der Waals surface area contributed by atoms with E-state index < -0.39 is 26.6 Å². The molecule has 0 aliphatic carbocycles. The normalized spacial score (nSPS) is 12.1. The monoisotopic (exact) mass is 332 g/mol. The number of aromatic nitrogens is 1. The molecule has 1 aromatic carbocycles. The minimum absolute atomic E-state index is 0.0624. The molecule has 114 valence electrons. The van der Waals surface area contributed by atoms with Gasteiger partial charge in [0.1, 0.15) is 16.5 Å². The fourth-order valence-corrected chi connectivity index (χ4v) is 3.86. The molecule has 0 aliphatic rings. The van der Waals surface area contributed by atoms with Crippen LogP contribution in [0.1, 0.15) is 16.1 Å². The van der Waals surface area contributed by atoms with Crippen LogP contribution in [0.4, 0.5) is 8.78 Å². The third-order valence-electron chi connectivity index (χ3n) is 3.11. The van der Waals surface area contributed by atoms with E-state index in [1.807, 2.05) is 0 Å². The van der Waals surface area contributed by atoms with Gasteiger partial charge in [-0.2, -0.15) is 4.31 Å². The lowest BCUT2D eigenvalue weighted by Gasteiger charge is -2.17. The van der Waals surface area contributed by atoms with E-state index in [4.69, 9.17) is 0 Å². The van der Waals surface area contributed by atoms with E-state index in [1.165, 1.54) is 25.3 Å². The number of aryl methyl sites for hydroxylation is 2. The van der Waals surface area contributed by atoms with E-state index in [2.05, 4.69) is 4.98 Å². The molecule has 2 rings (SSSR count). The summed E-state index contributed by atoms with van der Waals surface area (Å²) in [5.41, 5.74) is 2.39. The van der Waals surface area contributed by atoms with Crippen molar-refractivity contribution in [3.05, 3.63) is 45.4 Å². The smallest absolute Gasteiger partial charge is 0.246 e. The summed E-state index contributed by atoms with van der Waals surface area (Å²) in [4.78, 5) is 4.13. The minimum atomic E-state index is -4.10. The standard InChI is InChI=1S/C13H14F2N2O2S2/c1-8-4-11(15)13(5-10(8)14)21(18,19)17(3)6-12-9(2)16-7-20-12/h4-5,7H,6H2,1-3H3. The third kappa shape index (κ3) is 3.12. The highest BCUT2D eigenvalue weighted by atomic mass is 32.2. The van der Waals surface area contributed by atoms with Crippen molar-refractivity contribution in [2.75, 3.05) is 7.05 Å². The Kier molecular flexibility index (Phi) is 4.40. The van der Waals surface area contributed by atoms with Crippen molar-refractivity contribution >= 4 is 21.4 Å². The molecule has 0 aliphatic heterocycles. The number of benzene rings is 1. The molecule has 0 atom stereocenters. The third-order valence-corrected chi connectivity index (χ3v) is 5.85. The SMILES string of the molecule is Cc1cc(F)c(S(=O)(=O)N(C)Cc2scnc2C)cc1F. The maximum Gasteiger partial charge on any atom is 0.246 e. The molecule has 0 N–H and O–H groups in total. The van der Waals surface area contributed by atoms with Crippen molar-refractivity contribution in [3.63, 3.8) is 0 Å². The number of halogens is 2. The largest absolute Gasteiger partial charge is 0.250 e. The van der Waals surface area contributed by atoms with Crippen molar-refractivity contribution < 1.29 is 17.2 Å². The Morgan fingerprint density at radius 1 is 1.24 bits per heavy atom. The van der Waals surface area contributed by atoms with Gasteiger partial charge in [0, 0.05) is 18.5 Å². The summed E-state index contributed by atoms with van der Waals surface area (Å²) in [6.07, 6.45) is 0. The molecule has 0 spiro atoms. The second kappa shape index (κ2) is 5.78. The molecule has 0 saturated heterocycles. The van der Waals surface area contributed by atoms with Gasteiger partial charge in [0.05, 0.1) is 11.2 Å². The number of hydrogen-bond donors (Lipinski definition) is 0. The molecule has 0 unspecified atom stereocenters. The van der Waals surface area contributed by atoms with Crippen LogP contribution in [-0.4, -0.2) is 24.8 Å². The summed E-state index contributed by atoms with van der Waals surface area (Å²) < 4.78 is 53.1. The van der Waals surface area contributed by atoms with Gasteiger partial charge in [0.2, 0.25) is 10.0 Å². The average Bonchev–Trinajstić information content (AvgIpc) is 2.79. The van der Waals surface area contributed by atoms with Gasteiger partial charge in [-0.05, 0) is 31.5 Å². The summed E-state index contributed by atoms with van der Waals surface area (Å²) in [7, 11) is -2.78. The number of hydrogen-bond acceptors (Lipinski definition) is 4. The van der Waals surface area contributed by atoms with Crippen LogP contribution < -0.4 is 0 Å². The Bertz CT molecular complexity index is 772. The van der Waals surface area contributed by atoms with Crippen LogP contribution in [0.2, 0.25) is 0 Å². The van der Waals surface area contributed by atoms with E-state index in [-0.39, 0.29) is 12.1 Å². The number of rotatable bonds is 4. The second-order valence-corrected chi connectivity index (χ2v) is 7.61. The first-order valence-corrected chi connectivity index (χ1v) is 8.36. The van der Waals surface area contributed by atoms with E-state index in [0.717, 1.165) is 27.0 Å². The molecule has 21 heavy (non-hydrogen) atoms. The zero-order valence-corrected chi connectivity index (χ0v) is 13.4. The van der Waals surface area contributed by atoms with Crippen LogP contribution in [0.5, 0.6) is 0 Å². The average molecular weight is 332 g/mol. The highest BCUT2D eigenvalue weighted by Crippen LogP contribution is 2.24. The van der Waals surface area contributed by atoms with E-state index in [0.29, 0.717) is 0 Å². The van der Waals surface area contributed by atoms with Crippen molar-refractivity contribution in [2.45, 2.75) is 25.3 Å². The predicted molar refractivity (Wildman–Crippen MR) is 76.6 cm³/mol. The molecular weight excluding hydrogens is 318 g/mol. The number of thiazole rings is 1. The zero-order valence-electron chi connectivity index (χ0n) is 11.7. The van der Waals surface area contributed by atoms with E-state index >= 15 is 0 Å². The van der Waals surface area contributed by atoms with Crippen LogP contribution in [0.3, 0.4) is 0 Å². The summed E-state index contributed by atoms with van der Waals surface area (Å²) in [5, 5.41) is 0. The Labute approximate surface area is 126 Å². The zero-order chi connectivity index (χ0) is 15.8. The molecule has 0 fully saturated rings. The maximum absolute atomic E-state index is 13.9. The molecule has 1 aromatic heterocycles. The van der Waals surface area contributed by atoms with Gasteiger partial charge in [-0.25, -0.2) is 22.2 Å². The molecule has 4 nitrogen and oxygen atoms in total. The molecule has 0 radical (unpaired) electrons. The molecule has 2 aromatic rings. The molecule has 0 saturated carbocycles. The van der Waals surface area contributed by atoms with Gasteiger partial charge >= 0.3 is 0 Å². The molecule has 8 heteroatoms. The summed E-state index contributed by atoms with van der Waals surface area (Å²) in [6, 6.07) is 1.60. The Balaban J connectivity index is 2.38. The van der Waals surface area contributed by atoms with Crippen LogP contribution in [-0.2, 0) is 16.6 Å². The Hall–Kier alpha value is -1.38. The Morgan fingerprint density at radius 2 is 1.90 bits per heavy atom. The first kappa shape index (κ1) is 16.0. The predicted octanol–water partition coefficient (Wildman–Crippen LogP) is 2.86. The van der Waals surface area contributed by atoms with Crippen molar-refractivity contribution in [3.8, 4) is 0 Å². The fourth-order valence-electron chi connectivity index (χ4n) is 1.76. The van der Waals surface area contributed by atoms with Crippen LogP contribution in [0.25, 0.3) is 0 Å². The number of nitrogens with zero attached hydrogens (tertiary/aromatic N) is 2. The summed E-state index contributed by atoms with van der Waals surface area (Å²) >= 11 is 1.31.